The predicted molar refractivity (Wildman–Crippen MR) is 69.9 cm³/mol. The molecule has 2 rings (SSSR count). The van der Waals surface area contributed by atoms with E-state index in [4.69, 9.17) is 0 Å². The summed E-state index contributed by atoms with van der Waals surface area (Å²) in [6, 6.07) is 0. The first-order valence-corrected chi connectivity index (χ1v) is 5.58. The number of allylic oxidation sites excluding steroid dienone is 3. The van der Waals surface area contributed by atoms with Gasteiger partial charge in [-0.3, -0.25) is 4.99 Å². The van der Waals surface area contributed by atoms with Crippen LogP contribution in [-0.4, -0.2) is 10.8 Å². The van der Waals surface area contributed by atoms with Crippen molar-refractivity contribution in [2.45, 2.75) is 27.7 Å². The summed E-state index contributed by atoms with van der Waals surface area (Å²) in [5, 5.41) is 0. The van der Waals surface area contributed by atoms with Crippen LogP contribution in [0.3, 0.4) is 0 Å². The summed E-state index contributed by atoms with van der Waals surface area (Å²) in [6.45, 7) is 8.67. The molecule has 2 heterocycles. The van der Waals surface area contributed by atoms with E-state index in [0.717, 1.165) is 5.70 Å². The molecule has 0 radical (unpaired) electrons. The maximum atomic E-state index is 4.36. The van der Waals surface area contributed by atoms with Gasteiger partial charge in [0, 0.05) is 24.7 Å². The Balaban J connectivity index is 2.66. The zero-order chi connectivity index (χ0) is 11.9. The van der Waals surface area contributed by atoms with Crippen molar-refractivity contribution in [1.82, 2.24) is 4.57 Å². The highest BCUT2D eigenvalue weighted by Gasteiger charge is 2.15. The smallest absolute Gasteiger partial charge is 0.0680 e. The predicted octanol–water partition coefficient (Wildman–Crippen LogP) is 3.32. The van der Waals surface area contributed by atoms with Crippen molar-refractivity contribution in [1.29, 1.82) is 0 Å². The minimum Gasteiger partial charge on any atom is -0.348 e. The van der Waals surface area contributed by atoms with E-state index in [9.17, 15) is 0 Å². The molecular formula is C14H18N2. The van der Waals surface area contributed by atoms with Gasteiger partial charge in [0.1, 0.15) is 0 Å². The summed E-state index contributed by atoms with van der Waals surface area (Å²) in [5.74, 6) is 0. The molecule has 2 heteroatoms. The standard InChI is InChI=1S/C14H18N2/c1-9-10(2)14(16(5)12(9)4)11(3)13-7-6-8-15-13/h6-8H,1-5H3/b13-11+. The van der Waals surface area contributed by atoms with Gasteiger partial charge in [0.15, 0.2) is 0 Å². The summed E-state index contributed by atoms with van der Waals surface area (Å²) in [4.78, 5) is 4.36. The number of aliphatic imine (C=N–C) groups is 1. The van der Waals surface area contributed by atoms with E-state index in [-0.39, 0.29) is 0 Å². The molecule has 0 amide bonds. The first kappa shape index (κ1) is 10.9. The number of hydrogen-bond donors (Lipinski definition) is 0. The molecule has 0 N–H and O–H groups in total. The van der Waals surface area contributed by atoms with Gasteiger partial charge in [0.05, 0.1) is 5.70 Å². The molecule has 84 valence electrons. The molecule has 1 aromatic heterocycles. The number of aromatic nitrogens is 1. The van der Waals surface area contributed by atoms with Crippen LogP contribution < -0.4 is 0 Å². The van der Waals surface area contributed by atoms with Crippen LogP contribution in [0.1, 0.15) is 29.4 Å². The van der Waals surface area contributed by atoms with Gasteiger partial charge in [-0.05, 0) is 56.5 Å². The van der Waals surface area contributed by atoms with Crippen LogP contribution in [0, 0.1) is 20.8 Å². The number of nitrogens with zero attached hydrogens (tertiary/aromatic N) is 2. The lowest BCUT2D eigenvalue weighted by molar-refractivity contribution is 0.858. The largest absolute Gasteiger partial charge is 0.348 e. The monoisotopic (exact) mass is 214 g/mol. The van der Waals surface area contributed by atoms with Gasteiger partial charge in [-0.15, -0.1) is 0 Å². The third-order valence-electron chi connectivity index (χ3n) is 3.59. The third kappa shape index (κ3) is 1.45. The van der Waals surface area contributed by atoms with E-state index < -0.39 is 0 Å². The fraction of sp³-hybridized carbons (Fsp3) is 0.357. The van der Waals surface area contributed by atoms with Crippen LogP contribution in [0.25, 0.3) is 5.57 Å². The molecular weight excluding hydrogens is 196 g/mol. The van der Waals surface area contributed by atoms with Crippen molar-refractivity contribution in [2.75, 3.05) is 0 Å². The maximum Gasteiger partial charge on any atom is 0.0680 e. The molecule has 0 fully saturated rings. The summed E-state index contributed by atoms with van der Waals surface area (Å²) >= 11 is 0. The Morgan fingerprint density at radius 2 is 1.88 bits per heavy atom. The fourth-order valence-corrected chi connectivity index (χ4v) is 2.30. The Kier molecular flexibility index (Phi) is 2.58. The lowest BCUT2D eigenvalue weighted by Crippen LogP contribution is -1.98. The second kappa shape index (κ2) is 3.78. The van der Waals surface area contributed by atoms with E-state index in [0.29, 0.717) is 0 Å². The minimum absolute atomic E-state index is 1.07. The maximum absolute atomic E-state index is 4.36. The number of rotatable bonds is 1. The van der Waals surface area contributed by atoms with Gasteiger partial charge in [0.2, 0.25) is 0 Å². The van der Waals surface area contributed by atoms with Crippen molar-refractivity contribution in [3.63, 3.8) is 0 Å². The average Bonchev–Trinajstić information content (AvgIpc) is 2.84. The van der Waals surface area contributed by atoms with Crippen molar-refractivity contribution in [3.05, 3.63) is 40.4 Å². The Hall–Kier alpha value is -1.57. The molecule has 1 aromatic rings. The zero-order valence-corrected chi connectivity index (χ0v) is 10.6. The second-order valence-electron chi connectivity index (χ2n) is 4.39. The summed E-state index contributed by atoms with van der Waals surface area (Å²) < 4.78 is 2.26. The van der Waals surface area contributed by atoms with Crippen LogP contribution in [0.2, 0.25) is 0 Å². The Labute approximate surface area is 97.0 Å². The molecule has 2 nitrogen and oxygen atoms in total. The van der Waals surface area contributed by atoms with Crippen molar-refractivity contribution in [3.8, 4) is 0 Å². The molecule has 0 aromatic carbocycles. The van der Waals surface area contributed by atoms with Gasteiger partial charge in [-0.1, -0.05) is 0 Å². The molecule has 16 heavy (non-hydrogen) atoms. The average molecular weight is 214 g/mol. The summed E-state index contributed by atoms with van der Waals surface area (Å²) in [7, 11) is 2.12. The van der Waals surface area contributed by atoms with Crippen molar-refractivity contribution < 1.29 is 0 Å². The molecule has 0 saturated carbocycles. The van der Waals surface area contributed by atoms with E-state index in [1.807, 2.05) is 12.3 Å². The first-order chi connectivity index (χ1) is 7.54. The van der Waals surface area contributed by atoms with Crippen LogP contribution in [-0.2, 0) is 7.05 Å². The SMILES string of the molecule is C/C(=C1/C=CC=N1)c1c(C)c(C)c(C)n1C. The van der Waals surface area contributed by atoms with E-state index >= 15 is 0 Å². The highest BCUT2D eigenvalue weighted by Crippen LogP contribution is 2.29. The Morgan fingerprint density at radius 3 is 2.31 bits per heavy atom. The van der Waals surface area contributed by atoms with Crippen LogP contribution >= 0.6 is 0 Å². The molecule has 1 aliphatic rings. The summed E-state index contributed by atoms with van der Waals surface area (Å²) in [5.41, 5.74) is 7.70. The van der Waals surface area contributed by atoms with Crippen LogP contribution in [0.15, 0.2) is 22.8 Å². The highest BCUT2D eigenvalue weighted by atomic mass is 15.0. The van der Waals surface area contributed by atoms with Crippen LogP contribution in [0.5, 0.6) is 0 Å². The van der Waals surface area contributed by atoms with Gasteiger partial charge >= 0.3 is 0 Å². The summed E-state index contributed by atoms with van der Waals surface area (Å²) in [6.07, 6.45) is 5.89. The second-order valence-corrected chi connectivity index (χ2v) is 4.39. The minimum atomic E-state index is 1.07. The van der Waals surface area contributed by atoms with Gasteiger partial charge in [-0.2, -0.15) is 0 Å². The van der Waals surface area contributed by atoms with E-state index in [2.05, 4.69) is 50.4 Å². The van der Waals surface area contributed by atoms with Gasteiger partial charge in [-0.25, -0.2) is 0 Å². The topological polar surface area (TPSA) is 17.3 Å². The van der Waals surface area contributed by atoms with Gasteiger partial charge in [0.25, 0.3) is 0 Å². The molecule has 0 saturated heterocycles. The zero-order valence-electron chi connectivity index (χ0n) is 10.6. The van der Waals surface area contributed by atoms with Crippen molar-refractivity contribution in [2.24, 2.45) is 12.0 Å². The Bertz CT molecular complexity index is 486. The van der Waals surface area contributed by atoms with E-state index in [1.54, 1.807) is 0 Å². The lowest BCUT2D eigenvalue weighted by Gasteiger charge is -2.08. The molecule has 0 atom stereocenters. The normalized spacial score (nSPS) is 17.3. The molecule has 0 bridgehead atoms. The first-order valence-electron chi connectivity index (χ1n) is 5.58. The molecule has 1 aliphatic heterocycles. The van der Waals surface area contributed by atoms with Crippen LogP contribution in [0.4, 0.5) is 0 Å². The highest BCUT2D eigenvalue weighted by molar-refractivity contribution is 5.82. The number of hydrogen-bond acceptors (Lipinski definition) is 1. The molecule has 0 unspecified atom stereocenters. The molecule has 0 aliphatic carbocycles. The third-order valence-corrected chi connectivity index (χ3v) is 3.59. The quantitative estimate of drug-likeness (QED) is 0.682. The molecule has 0 spiro atoms. The Morgan fingerprint density at radius 1 is 1.19 bits per heavy atom. The fourth-order valence-electron chi connectivity index (χ4n) is 2.30. The van der Waals surface area contributed by atoms with Gasteiger partial charge < -0.3 is 4.57 Å². The van der Waals surface area contributed by atoms with E-state index in [1.165, 1.54) is 28.1 Å². The lowest BCUT2D eigenvalue weighted by atomic mass is 10.1. The van der Waals surface area contributed by atoms with Crippen molar-refractivity contribution >= 4 is 11.8 Å².